The molecule has 0 spiro atoms. The zero-order valence-electron chi connectivity index (χ0n) is 10.4. The van der Waals surface area contributed by atoms with Crippen LogP contribution in [0, 0.1) is 5.92 Å². The van der Waals surface area contributed by atoms with E-state index in [9.17, 15) is 0 Å². The van der Waals surface area contributed by atoms with Gasteiger partial charge in [-0.05, 0) is 37.3 Å². The maximum atomic E-state index is 5.99. The van der Waals surface area contributed by atoms with Gasteiger partial charge in [0.1, 0.15) is 5.52 Å². The molecule has 1 aliphatic rings. The normalized spacial score (nSPS) is 24.3. The van der Waals surface area contributed by atoms with Crippen LogP contribution in [0.2, 0.25) is 0 Å². The SMILES string of the molecule is NC1CCCC(CNc2nc3ccccc3o2)C1. The Labute approximate surface area is 107 Å². The van der Waals surface area contributed by atoms with Crippen molar-refractivity contribution in [2.45, 2.75) is 31.7 Å². The van der Waals surface area contributed by atoms with E-state index in [1.54, 1.807) is 0 Å². The van der Waals surface area contributed by atoms with Gasteiger partial charge in [0.2, 0.25) is 0 Å². The fourth-order valence-electron chi connectivity index (χ4n) is 2.70. The first kappa shape index (κ1) is 11.5. The first-order valence-electron chi connectivity index (χ1n) is 6.66. The minimum absolute atomic E-state index is 0.370. The third-order valence-electron chi connectivity index (χ3n) is 3.66. The van der Waals surface area contributed by atoms with Crippen LogP contribution in [0.3, 0.4) is 0 Å². The van der Waals surface area contributed by atoms with Crippen LogP contribution in [-0.2, 0) is 0 Å². The third kappa shape index (κ3) is 2.48. The van der Waals surface area contributed by atoms with Crippen molar-refractivity contribution in [3.05, 3.63) is 24.3 Å². The molecule has 0 bridgehead atoms. The quantitative estimate of drug-likeness (QED) is 0.872. The van der Waals surface area contributed by atoms with E-state index < -0.39 is 0 Å². The lowest BCUT2D eigenvalue weighted by molar-refractivity contribution is 0.333. The topological polar surface area (TPSA) is 64.1 Å². The summed E-state index contributed by atoms with van der Waals surface area (Å²) in [6, 6.07) is 8.81. The standard InChI is InChI=1S/C14H19N3O/c15-11-5-3-4-10(8-11)9-16-14-17-12-6-1-2-7-13(12)18-14/h1-2,6-7,10-11H,3-5,8-9,15H2,(H,16,17). The molecule has 2 aromatic rings. The van der Waals surface area contributed by atoms with E-state index in [2.05, 4.69) is 10.3 Å². The molecule has 4 nitrogen and oxygen atoms in total. The van der Waals surface area contributed by atoms with Crippen molar-refractivity contribution < 1.29 is 4.42 Å². The number of oxazole rings is 1. The van der Waals surface area contributed by atoms with Crippen molar-refractivity contribution in [2.75, 3.05) is 11.9 Å². The number of para-hydroxylation sites is 2. The molecule has 3 rings (SSSR count). The van der Waals surface area contributed by atoms with E-state index in [1.807, 2.05) is 24.3 Å². The second-order valence-corrected chi connectivity index (χ2v) is 5.16. The predicted molar refractivity (Wildman–Crippen MR) is 72.4 cm³/mol. The second-order valence-electron chi connectivity index (χ2n) is 5.16. The first-order chi connectivity index (χ1) is 8.81. The average molecular weight is 245 g/mol. The van der Waals surface area contributed by atoms with Crippen LogP contribution in [0.4, 0.5) is 6.01 Å². The molecule has 1 heterocycles. The molecule has 3 N–H and O–H groups in total. The molecule has 96 valence electrons. The Bertz CT molecular complexity index is 489. The Kier molecular flexibility index (Phi) is 3.19. The zero-order chi connectivity index (χ0) is 12.4. The van der Waals surface area contributed by atoms with Crippen molar-refractivity contribution >= 4 is 17.1 Å². The summed E-state index contributed by atoms with van der Waals surface area (Å²) in [5.41, 5.74) is 7.73. The summed E-state index contributed by atoms with van der Waals surface area (Å²) in [7, 11) is 0. The monoisotopic (exact) mass is 245 g/mol. The largest absolute Gasteiger partial charge is 0.424 e. The summed E-state index contributed by atoms with van der Waals surface area (Å²) < 4.78 is 5.63. The van der Waals surface area contributed by atoms with Crippen LogP contribution in [0.5, 0.6) is 0 Å². The molecule has 18 heavy (non-hydrogen) atoms. The van der Waals surface area contributed by atoms with Gasteiger partial charge in [-0.15, -0.1) is 0 Å². The van der Waals surface area contributed by atoms with Gasteiger partial charge >= 0.3 is 0 Å². The molecule has 0 saturated heterocycles. The Balaban J connectivity index is 1.62. The number of aromatic nitrogens is 1. The lowest BCUT2D eigenvalue weighted by Gasteiger charge is -2.26. The molecule has 4 heteroatoms. The number of nitrogens with one attached hydrogen (secondary N) is 1. The lowest BCUT2D eigenvalue weighted by Crippen LogP contribution is -2.30. The summed E-state index contributed by atoms with van der Waals surface area (Å²) in [6.07, 6.45) is 4.76. The van der Waals surface area contributed by atoms with Crippen LogP contribution in [0.15, 0.2) is 28.7 Å². The van der Waals surface area contributed by atoms with Crippen molar-refractivity contribution in [3.8, 4) is 0 Å². The molecular formula is C14H19N3O. The van der Waals surface area contributed by atoms with E-state index >= 15 is 0 Å². The highest BCUT2D eigenvalue weighted by Gasteiger charge is 2.19. The van der Waals surface area contributed by atoms with Gasteiger partial charge in [0, 0.05) is 12.6 Å². The maximum absolute atomic E-state index is 5.99. The number of rotatable bonds is 3. The molecular weight excluding hydrogens is 226 g/mol. The number of nitrogens with two attached hydrogens (primary N) is 1. The van der Waals surface area contributed by atoms with Gasteiger partial charge in [-0.2, -0.15) is 4.98 Å². The summed E-state index contributed by atoms with van der Waals surface area (Å²) in [5.74, 6) is 0.642. The van der Waals surface area contributed by atoms with Gasteiger partial charge in [0.05, 0.1) is 0 Å². The fourth-order valence-corrected chi connectivity index (χ4v) is 2.70. The molecule has 0 amide bonds. The lowest BCUT2D eigenvalue weighted by atomic mass is 9.86. The summed E-state index contributed by atoms with van der Waals surface area (Å²) in [6.45, 7) is 0.903. The highest BCUT2D eigenvalue weighted by molar-refractivity contribution is 5.74. The molecule has 1 aliphatic carbocycles. The molecule has 1 fully saturated rings. The van der Waals surface area contributed by atoms with Gasteiger partial charge in [0.25, 0.3) is 6.01 Å². The van der Waals surface area contributed by atoms with Crippen molar-refractivity contribution in [2.24, 2.45) is 11.7 Å². The maximum Gasteiger partial charge on any atom is 0.295 e. The highest BCUT2D eigenvalue weighted by Crippen LogP contribution is 2.24. The molecule has 0 radical (unpaired) electrons. The zero-order valence-corrected chi connectivity index (χ0v) is 10.4. The van der Waals surface area contributed by atoms with E-state index in [-0.39, 0.29) is 0 Å². The Morgan fingerprint density at radius 1 is 1.33 bits per heavy atom. The molecule has 2 atom stereocenters. The van der Waals surface area contributed by atoms with Crippen LogP contribution >= 0.6 is 0 Å². The van der Waals surface area contributed by atoms with Crippen molar-refractivity contribution in [1.82, 2.24) is 4.98 Å². The molecule has 1 aromatic heterocycles. The van der Waals surface area contributed by atoms with Gasteiger partial charge < -0.3 is 15.5 Å². The van der Waals surface area contributed by atoms with Gasteiger partial charge in [0.15, 0.2) is 5.58 Å². The number of benzene rings is 1. The minimum atomic E-state index is 0.370. The van der Waals surface area contributed by atoms with Gasteiger partial charge in [-0.1, -0.05) is 18.6 Å². The number of hydrogen-bond acceptors (Lipinski definition) is 4. The van der Waals surface area contributed by atoms with Crippen molar-refractivity contribution in [3.63, 3.8) is 0 Å². The van der Waals surface area contributed by atoms with E-state index in [1.165, 1.54) is 19.3 Å². The smallest absolute Gasteiger partial charge is 0.295 e. The van der Waals surface area contributed by atoms with Crippen molar-refractivity contribution in [1.29, 1.82) is 0 Å². The Morgan fingerprint density at radius 3 is 3.06 bits per heavy atom. The number of hydrogen-bond donors (Lipinski definition) is 2. The van der Waals surface area contributed by atoms with Crippen LogP contribution in [-0.4, -0.2) is 17.6 Å². The molecule has 1 saturated carbocycles. The molecule has 2 unspecified atom stereocenters. The number of fused-ring (bicyclic) bond motifs is 1. The minimum Gasteiger partial charge on any atom is -0.424 e. The highest BCUT2D eigenvalue weighted by atomic mass is 16.4. The van der Waals surface area contributed by atoms with Crippen LogP contribution < -0.4 is 11.1 Å². The second kappa shape index (κ2) is 4.98. The Morgan fingerprint density at radius 2 is 2.22 bits per heavy atom. The molecule has 1 aromatic carbocycles. The fraction of sp³-hybridized carbons (Fsp3) is 0.500. The molecule has 0 aliphatic heterocycles. The Hall–Kier alpha value is -1.55. The summed E-state index contributed by atoms with van der Waals surface area (Å²) >= 11 is 0. The summed E-state index contributed by atoms with van der Waals surface area (Å²) in [5, 5.41) is 3.29. The van der Waals surface area contributed by atoms with E-state index in [0.717, 1.165) is 24.1 Å². The van der Waals surface area contributed by atoms with E-state index in [0.29, 0.717) is 18.0 Å². The number of nitrogens with zero attached hydrogens (tertiary/aromatic N) is 1. The van der Waals surface area contributed by atoms with Crippen LogP contribution in [0.1, 0.15) is 25.7 Å². The van der Waals surface area contributed by atoms with Gasteiger partial charge in [-0.3, -0.25) is 0 Å². The number of anilines is 1. The third-order valence-corrected chi connectivity index (χ3v) is 3.66. The van der Waals surface area contributed by atoms with E-state index in [4.69, 9.17) is 10.2 Å². The summed E-state index contributed by atoms with van der Waals surface area (Å²) in [4.78, 5) is 4.41. The predicted octanol–water partition coefficient (Wildman–Crippen LogP) is 2.76. The first-order valence-corrected chi connectivity index (χ1v) is 6.66. The van der Waals surface area contributed by atoms with Gasteiger partial charge in [-0.25, -0.2) is 0 Å². The van der Waals surface area contributed by atoms with Crippen LogP contribution in [0.25, 0.3) is 11.1 Å². The average Bonchev–Trinajstić information content (AvgIpc) is 2.79.